The van der Waals surface area contributed by atoms with E-state index < -0.39 is 5.54 Å². The highest BCUT2D eigenvalue weighted by molar-refractivity contribution is 5.88. The first-order valence-corrected chi connectivity index (χ1v) is 9.05. The molecule has 2 saturated heterocycles. The second kappa shape index (κ2) is 6.48. The van der Waals surface area contributed by atoms with E-state index in [4.69, 9.17) is 10.5 Å². The van der Waals surface area contributed by atoms with Crippen molar-refractivity contribution in [3.8, 4) is 0 Å². The van der Waals surface area contributed by atoms with Crippen LogP contribution in [0, 0.1) is 6.92 Å². The average Bonchev–Trinajstić information content (AvgIpc) is 3.02. The highest BCUT2D eigenvalue weighted by Crippen LogP contribution is 2.26. The van der Waals surface area contributed by atoms with Gasteiger partial charge in [-0.1, -0.05) is 0 Å². The van der Waals surface area contributed by atoms with Gasteiger partial charge in [-0.15, -0.1) is 0 Å². The van der Waals surface area contributed by atoms with Gasteiger partial charge in [-0.25, -0.2) is 9.97 Å². The number of rotatable bonds is 2. The summed E-state index contributed by atoms with van der Waals surface area (Å²) in [5.41, 5.74) is 6.41. The Kier molecular flexibility index (Phi) is 4.28. The zero-order valence-electron chi connectivity index (χ0n) is 15.3. The van der Waals surface area contributed by atoms with Gasteiger partial charge >= 0.3 is 0 Å². The van der Waals surface area contributed by atoms with Gasteiger partial charge in [0.1, 0.15) is 11.6 Å². The van der Waals surface area contributed by atoms with Crippen LogP contribution >= 0.6 is 0 Å². The summed E-state index contributed by atoms with van der Waals surface area (Å²) in [7, 11) is 1.88. The topological polar surface area (TPSA) is 102 Å². The Balaban J connectivity index is 1.50. The minimum Gasteiger partial charge on any atom is -0.381 e. The van der Waals surface area contributed by atoms with Gasteiger partial charge in [0, 0.05) is 46.4 Å². The predicted octanol–water partition coefficient (Wildman–Crippen LogP) is -0.172. The van der Waals surface area contributed by atoms with Crippen LogP contribution in [0.4, 0.5) is 5.82 Å². The number of amides is 1. The van der Waals surface area contributed by atoms with Crippen LogP contribution in [0.15, 0.2) is 6.20 Å². The lowest BCUT2D eigenvalue weighted by atomic mass is 9.89. The molecule has 2 aromatic rings. The van der Waals surface area contributed by atoms with E-state index in [0.717, 1.165) is 35.8 Å². The molecule has 140 valence electrons. The second-order valence-corrected chi connectivity index (χ2v) is 7.15. The zero-order valence-corrected chi connectivity index (χ0v) is 15.3. The van der Waals surface area contributed by atoms with Crippen molar-refractivity contribution in [3.05, 3.63) is 12.0 Å². The Bertz CT molecular complexity index is 820. The number of carbonyl (C=O) groups excluding carboxylic acids is 1. The van der Waals surface area contributed by atoms with E-state index >= 15 is 0 Å². The first-order chi connectivity index (χ1) is 12.5. The number of fused-ring (bicyclic) bond motifs is 1. The van der Waals surface area contributed by atoms with Gasteiger partial charge in [-0.2, -0.15) is 5.10 Å². The summed E-state index contributed by atoms with van der Waals surface area (Å²) in [5.74, 6) is 1.66. The molecule has 2 fully saturated rings. The first kappa shape index (κ1) is 17.2. The molecule has 2 aliphatic heterocycles. The maximum absolute atomic E-state index is 12.9. The molecule has 26 heavy (non-hydrogen) atoms. The zero-order chi connectivity index (χ0) is 18.3. The van der Waals surface area contributed by atoms with Crippen LogP contribution in [0.1, 0.15) is 18.7 Å². The summed E-state index contributed by atoms with van der Waals surface area (Å²) >= 11 is 0. The highest BCUT2D eigenvalue weighted by Gasteiger charge is 2.39. The summed E-state index contributed by atoms with van der Waals surface area (Å²) in [4.78, 5) is 26.1. The van der Waals surface area contributed by atoms with Gasteiger partial charge in [-0.05, 0) is 19.8 Å². The van der Waals surface area contributed by atoms with Crippen LogP contribution < -0.4 is 10.6 Å². The number of hydrogen-bond acceptors (Lipinski definition) is 7. The number of hydrogen-bond donors (Lipinski definition) is 1. The molecule has 9 heteroatoms. The minimum absolute atomic E-state index is 0.0471. The summed E-state index contributed by atoms with van der Waals surface area (Å²) in [5, 5.41) is 5.24. The summed E-state index contributed by atoms with van der Waals surface area (Å²) in [6.07, 6.45) is 2.99. The van der Waals surface area contributed by atoms with Gasteiger partial charge in [0.05, 0.1) is 17.1 Å². The van der Waals surface area contributed by atoms with Gasteiger partial charge in [0.15, 0.2) is 5.65 Å². The number of nitrogens with two attached hydrogens (primary N) is 1. The monoisotopic (exact) mass is 359 g/mol. The van der Waals surface area contributed by atoms with Crippen LogP contribution in [0.5, 0.6) is 0 Å². The Morgan fingerprint density at radius 2 is 1.88 bits per heavy atom. The lowest BCUT2D eigenvalue weighted by Crippen LogP contribution is -2.61. The smallest absolute Gasteiger partial charge is 0.242 e. The summed E-state index contributed by atoms with van der Waals surface area (Å²) < 4.78 is 7.11. The third-order valence-corrected chi connectivity index (χ3v) is 5.36. The minimum atomic E-state index is -0.775. The van der Waals surface area contributed by atoms with Gasteiger partial charge < -0.3 is 20.3 Å². The molecular formula is C17H25N7O2. The van der Waals surface area contributed by atoms with Crippen molar-refractivity contribution < 1.29 is 9.53 Å². The molecule has 0 spiro atoms. The molecule has 0 radical (unpaired) electrons. The van der Waals surface area contributed by atoms with E-state index in [1.807, 2.05) is 18.9 Å². The van der Waals surface area contributed by atoms with Crippen molar-refractivity contribution in [2.75, 3.05) is 44.3 Å². The molecule has 4 rings (SSSR count). The van der Waals surface area contributed by atoms with Crippen molar-refractivity contribution in [1.82, 2.24) is 24.6 Å². The van der Waals surface area contributed by atoms with E-state index in [0.29, 0.717) is 39.1 Å². The molecule has 2 aromatic heterocycles. The largest absolute Gasteiger partial charge is 0.381 e. The maximum atomic E-state index is 12.9. The average molecular weight is 359 g/mol. The molecule has 0 atom stereocenters. The van der Waals surface area contributed by atoms with E-state index in [2.05, 4.69) is 20.0 Å². The molecule has 9 nitrogen and oxygen atoms in total. The number of nitrogens with zero attached hydrogens (tertiary/aromatic N) is 6. The van der Waals surface area contributed by atoms with Crippen LogP contribution in [0.3, 0.4) is 0 Å². The molecule has 0 aromatic carbocycles. The fourth-order valence-electron chi connectivity index (χ4n) is 3.74. The molecule has 2 N–H and O–H groups in total. The Morgan fingerprint density at radius 3 is 2.58 bits per heavy atom. The molecular weight excluding hydrogens is 334 g/mol. The molecule has 2 aliphatic rings. The van der Waals surface area contributed by atoms with Crippen molar-refractivity contribution in [2.45, 2.75) is 25.3 Å². The Morgan fingerprint density at radius 1 is 1.19 bits per heavy atom. The number of piperazine rings is 1. The molecule has 0 aliphatic carbocycles. The number of aromatic nitrogens is 4. The van der Waals surface area contributed by atoms with E-state index in [9.17, 15) is 4.79 Å². The van der Waals surface area contributed by atoms with Crippen molar-refractivity contribution in [3.63, 3.8) is 0 Å². The fourth-order valence-corrected chi connectivity index (χ4v) is 3.74. The number of anilines is 1. The molecule has 1 amide bonds. The number of carbonyl (C=O) groups is 1. The standard InChI is InChI=1S/C17H25N7O2/c1-12-20-14-13(11-19-22(14)2)15(21-12)23-5-7-24(8-6-23)16(25)17(18)3-9-26-10-4-17/h11H,3-10,18H2,1-2H3. The van der Waals surface area contributed by atoms with Crippen LogP contribution in [0.25, 0.3) is 11.0 Å². The van der Waals surface area contributed by atoms with Crippen molar-refractivity contribution >= 4 is 22.8 Å². The molecule has 4 heterocycles. The Labute approximate surface area is 152 Å². The number of ether oxygens (including phenoxy) is 1. The second-order valence-electron chi connectivity index (χ2n) is 7.15. The predicted molar refractivity (Wildman–Crippen MR) is 96.8 cm³/mol. The maximum Gasteiger partial charge on any atom is 0.242 e. The lowest BCUT2D eigenvalue weighted by molar-refractivity contribution is -0.140. The molecule has 0 unspecified atom stereocenters. The highest BCUT2D eigenvalue weighted by atomic mass is 16.5. The molecule has 0 bridgehead atoms. The number of aryl methyl sites for hydroxylation is 2. The van der Waals surface area contributed by atoms with E-state index in [1.165, 1.54) is 0 Å². The van der Waals surface area contributed by atoms with Crippen molar-refractivity contribution in [1.29, 1.82) is 0 Å². The summed E-state index contributed by atoms with van der Waals surface area (Å²) in [6.45, 7) is 5.73. The Hall–Kier alpha value is -2.26. The van der Waals surface area contributed by atoms with Crippen LogP contribution in [0.2, 0.25) is 0 Å². The van der Waals surface area contributed by atoms with E-state index in [1.54, 1.807) is 10.9 Å². The third kappa shape index (κ3) is 2.90. The SMILES string of the molecule is Cc1nc(N2CCN(C(=O)C3(N)CCOCC3)CC2)c2cnn(C)c2n1. The molecule has 0 saturated carbocycles. The van der Waals surface area contributed by atoms with Gasteiger partial charge in [0.2, 0.25) is 5.91 Å². The van der Waals surface area contributed by atoms with Crippen LogP contribution in [-0.4, -0.2) is 75.5 Å². The van der Waals surface area contributed by atoms with E-state index in [-0.39, 0.29) is 5.91 Å². The lowest BCUT2D eigenvalue weighted by Gasteiger charge is -2.41. The fraction of sp³-hybridized carbons (Fsp3) is 0.647. The van der Waals surface area contributed by atoms with Gasteiger partial charge in [-0.3, -0.25) is 9.48 Å². The normalized spacial score (nSPS) is 20.6. The van der Waals surface area contributed by atoms with Crippen LogP contribution in [-0.2, 0) is 16.6 Å². The van der Waals surface area contributed by atoms with Crippen molar-refractivity contribution in [2.24, 2.45) is 12.8 Å². The van der Waals surface area contributed by atoms with Gasteiger partial charge in [0.25, 0.3) is 0 Å². The summed E-state index contributed by atoms with van der Waals surface area (Å²) in [6, 6.07) is 0. The third-order valence-electron chi connectivity index (χ3n) is 5.36. The quantitative estimate of drug-likeness (QED) is 0.794. The first-order valence-electron chi connectivity index (χ1n) is 9.05.